The number of aryl methyl sites for hydroxylation is 1. The molecule has 48 heavy (non-hydrogen) atoms. The summed E-state index contributed by atoms with van der Waals surface area (Å²) >= 11 is 1.85. The van der Waals surface area contributed by atoms with Crippen LogP contribution in [0.3, 0.4) is 0 Å². The van der Waals surface area contributed by atoms with Gasteiger partial charge in [-0.25, -0.2) is 4.39 Å². The second-order valence-corrected chi connectivity index (χ2v) is 11.4. The molecule has 272 valence electrons. The van der Waals surface area contributed by atoms with Gasteiger partial charge < -0.3 is 0 Å². The van der Waals surface area contributed by atoms with Crippen LogP contribution < -0.4 is 0 Å². The van der Waals surface area contributed by atoms with Crippen molar-refractivity contribution in [3.8, 4) is 0 Å². The minimum atomic E-state index is -8.66. The van der Waals surface area contributed by atoms with Gasteiger partial charge in [-0.2, -0.15) is 74.6 Å². The smallest absolute Gasteiger partial charge is 0.274 e. The third kappa shape index (κ3) is 7.55. The topological polar surface area (TPSA) is 28.0 Å². The molecule has 0 radical (unpaired) electrons. The number of alkyl halides is 17. The second kappa shape index (κ2) is 13.9. The zero-order valence-electron chi connectivity index (χ0n) is 23.6. The molecule has 0 atom stereocenters. The Morgan fingerprint density at radius 2 is 1.08 bits per heavy atom. The molecule has 0 aliphatic carbocycles. The highest BCUT2D eigenvalue weighted by Gasteiger charge is 2.95. The number of halogens is 19. The molecular weight excluding hydrogens is 823 g/mol. The molecule has 0 saturated heterocycles. The van der Waals surface area contributed by atoms with Gasteiger partial charge in [-0.15, -0.1) is 5.11 Å². The first kappa shape index (κ1) is 41.5. The maximum atomic E-state index is 14.3. The van der Waals surface area contributed by atoms with Crippen molar-refractivity contribution in [2.75, 3.05) is 6.54 Å². The molecule has 2 rings (SSSR count). The van der Waals surface area contributed by atoms with Gasteiger partial charge in [0.2, 0.25) is 0 Å². The van der Waals surface area contributed by atoms with E-state index in [1.807, 2.05) is 22.6 Å². The quantitative estimate of drug-likeness (QED) is 0.0760. The van der Waals surface area contributed by atoms with Gasteiger partial charge in [-0.05, 0) is 64.8 Å². The van der Waals surface area contributed by atoms with Crippen LogP contribution in [0.15, 0.2) is 52.8 Å². The number of nitrogens with zero attached hydrogens (tertiary/aromatic N) is 3. The SMILES string of the molecule is CCCN(Cc1ccc(CCC(F)(F)C(F)(F)C(F)(F)C(F)(F)C(F)(F)C(F)(F)C(F)(F)C(F)(F)F)cc1)N=Nc1ccc(I)cc1F. The largest absolute Gasteiger partial charge is 0.460 e. The van der Waals surface area contributed by atoms with Crippen LogP contribution in [0.1, 0.15) is 30.9 Å². The van der Waals surface area contributed by atoms with Crippen LogP contribution in [0.2, 0.25) is 0 Å². The van der Waals surface area contributed by atoms with Gasteiger partial charge in [0.25, 0.3) is 0 Å². The molecule has 0 fully saturated rings. The summed E-state index contributed by atoms with van der Waals surface area (Å²) < 4.78 is 243. The molecule has 0 saturated carbocycles. The second-order valence-electron chi connectivity index (χ2n) is 10.1. The van der Waals surface area contributed by atoms with Crippen molar-refractivity contribution in [1.82, 2.24) is 5.01 Å². The summed E-state index contributed by atoms with van der Waals surface area (Å²) in [6.07, 6.45) is -11.2. The summed E-state index contributed by atoms with van der Waals surface area (Å²) in [4.78, 5) is 0. The molecule has 0 amide bonds. The van der Waals surface area contributed by atoms with Gasteiger partial charge in [0.05, 0.1) is 6.54 Å². The number of hydrogen-bond donors (Lipinski definition) is 0. The molecule has 0 bridgehead atoms. The van der Waals surface area contributed by atoms with Crippen molar-refractivity contribution in [3.63, 3.8) is 0 Å². The molecule has 0 N–H and O–H groups in total. The van der Waals surface area contributed by atoms with Crippen molar-refractivity contribution >= 4 is 28.3 Å². The molecule has 0 aliphatic rings. The van der Waals surface area contributed by atoms with Gasteiger partial charge in [0.15, 0.2) is 5.82 Å². The Labute approximate surface area is 272 Å². The number of rotatable bonds is 15. The minimum absolute atomic E-state index is 0.0641. The van der Waals surface area contributed by atoms with E-state index in [-0.39, 0.29) is 24.3 Å². The molecule has 2 aromatic carbocycles. The monoisotopic (exact) mass is 843 g/mol. The summed E-state index contributed by atoms with van der Waals surface area (Å²) in [5.74, 6) is -57.2. The molecule has 2 aromatic rings. The van der Waals surface area contributed by atoms with Crippen molar-refractivity contribution in [3.05, 3.63) is 63.0 Å². The first-order valence-electron chi connectivity index (χ1n) is 12.9. The average molecular weight is 843 g/mol. The Balaban J connectivity index is 2.25. The molecule has 0 aromatic heterocycles. The Bertz CT molecular complexity index is 1420. The predicted molar refractivity (Wildman–Crippen MR) is 140 cm³/mol. The molecule has 0 heterocycles. The summed E-state index contributed by atoms with van der Waals surface area (Å²) in [7, 11) is 0. The lowest BCUT2D eigenvalue weighted by Crippen LogP contribution is -2.74. The first-order chi connectivity index (χ1) is 21.5. The molecule has 0 unspecified atom stereocenters. The van der Waals surface area contributed by atoms with Gasteiger partial charge in [0, 0.05) is 16.5 Å². The standard InChI is InChI=1S/C26H20F18IN3/c1-2-11-48(47-46-18-8-7-16(45)12-17(18)27)13-15-5-3-14(4-6-15)9-10-19(28,29)20(30,31)21(32,33)22(34,35)23(36,37)24(38,39)25(40,41)26(42,43)44/h3-8,12H,2,9-11,13H2,1H3. The molecular formula is C26H20F18IN3. The van der Waals surface area contributed by atoms with Gasteiger partial charge in [-0.1, -0.05) is 36.4 Å². The number of hydrogen-bond acceptors (Lipinski definition) is 2. The zero-order chi connectivity index (χ0) is 37.4. The Morgan fingerprint density at radius 1 is 0.625 bits per heavy atom. The predicted octanol–water partition coefficient (Wildman–Crippen LogP) is 11.3. The lowest BCUT2D eigenvalue weighted by molar-refractivity contribution is -0.461. The lowest BCUT2D eigenvalue weighted by atomic mass is 9.87. The zero-order valence-corrected chi connectivity index (χ0v) is 25.8. The van der Waals surface area contributed by atoms with Crippen LogP contribution in [-0.4, -0.2) is 59.2 Å². The maximum absolute atomic E-state index is 14.3. The van der Waals surface area contributed by atoms with Gasteiger partial charge in [0.1, 0.15) is 5.69 Å². The van der Waals surface area contributed by atoms with Gasteiger partial charge in [-0.3, -0.25) is 5.01 Å². The fraction of sp³-hybridized carbons (Fsp3) is 0.538. The van der Waals surface area contributed by atoms with Crippen LogP contribution in [0.5, 0.6) is 0 Å². The van der Waals surface area contributed by atoms with E-state index in [0.29, 0.717) is 15.6 Å². The minimum Gasteiger partial charge on any atom is -0.274 e. The fourth-order valence-corrected chi connectivity index (χ4v) is 4.22. The average Bonchev–Trinajstić information content (AvgIpc) is 2.95. The fourth-order valence-electron chi connectivity index (χ4n) is 3.76. The van der Waals surface area contributed by atoms with Crippen molar-refractivity contribution in [1.29, 1.82) is 0 Å². The van der Waals surface area contributed by atoms with Crippen LogP contribution in [0, 0.1) is 9.39 Å². The van der Waals surface area contributed by atoms with E-state index < -0.39 is 66.3 Å². The summed E-state index contributed by atoms with van der Waals surface area (Å²) in [6.45, 7) is 1.92. The van der Waals surface area contributed by atoms with E-state index in [1.165, 1.54) is 29.3 Å². The lowest BCUT2D eigenvalue weighted by Gasteiger charge is -2.42. The number of benzene rings is 2. The molecule has 0 spiro atoms. The van der Waals surface area contributed by atoms with E-state index in [4.69, 9.17) is 0 Å². The van der Waals surface area contributed by atoms with Crippen molar-refractivity contribution in [2.24, 2.45) is 10.3 Å². The first-order valence-corrected chi connectivity index (χ1v) is 14.0. The molecule has 3 nitrogen and oxygen atoms in total. The van der Waals surface area contributed by atoms with Crippen molar-refractivity contribution in [2.45, 2.75) is 80.4 Å². The van der Waals surface area contributed by atoms with Gasteiger partial charge >= 0.3 is 47.6 Å². The molecule has 22 heteroatoms. The Morgan fingerprint density at radius 3 is 1.54 bits per heavy atom. The highest BCUT2D eigenvalue weighted by Crippen LogP contribution is 2.64. The normalized spacial score (nSPS) is 14.6. The van der Waals surface area contributed by atoms with E-state index in [0.717, 1.165) is 12.1 Å². The van der Waals surface area contributed by atoms with Crippen LogP contribution in [-0.2, 0) is 13.0 Å². The van der Waals surface area contributed by atoms with E-state index in [1.54, 1.807) is 13.0 Å². The highest BCUT2D eigenvalue weighted by atomic mass is 127. The van der Waals surface area contributed by atoms with Crippen molar-refractivity contribution < 1.29 is 79.0 Å². The van der Waals surface area contributed by atoms with E-state index in [2.05, 4.69) is 10.3 Å². The third-order valence-corrected chi connectivity index (χ3v) is 7.24. The maximum Gasteiger partial charge on any atom is 0.460 e. The highest BCUT2D eigenvalue weighted by molar-refractivity contribution is 14.1. The summed E-state index contributed by atoms with van der Waals surface area (Å²) in [5, 5.41) is 8.99. The van der Waals surface area contributed by atoms with Crippen LogP contribution in [0.25, 0.3) is 0 Å². The Kier molecular flexibility index (Phi) is 12.0. The third-order valence-electron chi connectivity index (χ3n) is 6.57. The Hall–Kier alpha value is -2.69. The van der Waals surface area contributed by atoms with Crippen LogP contribution >= 0.6 is 22.6 Å². The molecule has 0 aliphatic heterocycles. The summed E-state index contributed by atoms with van der Waals surface area (Å²) in [6, 6.07) is 8.29. The van der Waals surface area contributed by atoms with Crippen LogP contribution in [0.4, 0.5) is 84.7 Å². The van der Waals surface area contributed by atoms with E-state index in [9.17, 15) is 79.0 Å². The van der Waals surface area contributed by atoms with E-state index >= 15 is 0 Å². The summed E-state index contributed by atoms with van der Waals surface area (Å²) in [5.41, 5.74) is -0.170.